The minimum absolute atomic E-state index is 0.0431. The molecule has 1 unspecified atom stereocenters. The quantitative estimate of drug-likeness (QED) is 0.403. The number of carbonyl (C=O) groups is 3. The fraction of sp³-hybridized carbons (Fsp3) is 0.280. The fourth-order valence-electron chi connectivity index (χ4n) is 4.09. The number of thiazole rings is 1. The average Bonchev–Trinajstić information content (AvgIpc) is 3.40. The van der Waals surface area contributed by atoms with Crippen LogP contribution in [-0.2, 0) is 9.53 Å². The van der Waals surface area contributed by atoms with Crippen molar-refractivity contribution in [3.8, 4) is 11.1 Å². The van der Waals surface area contributed by atoms with Gasteiger partial charge in [0, 0.05) is 23.8 Å². The van der Waals surface area contributed by atoms with E-state index in [2.05, 4.69) is 39.9 Å². The maximum absolute atomic E-state index is 12.4. The lowest BCUT2D eigenvalue weighted by atomic mass is 9.98. The van der Waals surface area contributed by atoms with Gasteiger partial charge in [0.25, 0.3) is 5.91 Å². The van der Waals surface area contributed by atoms with Crippen LogP contribution in [0.1, 0.15) is 53.7 Å². The molecule has 1 aliphatic carbocycles. The molecule has 0 saturated heterocycles. The number of hydrogen-bond acceptors (Lipinski definition) is 6. The van der Waals surface area contributed by atoms with E-state index >= 15 is 0 Å². The minimum Gasteiger partial charge on any atom is -0.481 e. The summed E-state index contributed by atoms with van der Waals surface area (Å²) in [5.41, 5.74) is 4.74. The van der Waals surface area contributed by atoms with Crippen molar-refractivity contribution in [3.63, 3.8) is 0 Å². The lowest BCUT2D eigenvalue weighted by Gasteiger charge is -2.14. The summed E-state index contributed by atoms with van der Waals surface area (Å²) >= 11 is 1.13. The van der Waals surface area contributed by atoms with Crippen molar-refractivity contribution in [2.24, 2.45) is 0 Å². The Bertz CT molecular complexity index is 1160. The van der Waals surface area contributed by atoms with Gasteiger partial charge in [0.15, 0.2) is 5.13 Å². The molecule has 0 aliphatic heterocycles. The lowest BCUT2D eigenvalue weighted by molar-refractivity contribution is -0.137. The van der Waals surface area contributed by atoms with Gasteiger partial charge in [-0.05, 0) is 42.0 Å². The molecule has 1 aromatic heterocycles. The molecule has 4 rings (SSSR count). The number of carbonyl (C=O) groups excluding carboxylic acids is 2. The highest BCUT2D eigenvalue weighted by Gasteiger charge is 2.29. The first kappa shape index (κ1) is 23.4. The largest absolute Gasteiger partial charge is 0.481 e. The summed E-state index contributed by atoms with van der Waals surface area (Å²) in [4.78, 5) is 39.5. The van der Waals surface area contributed by atoms with Gasteiger partial charge < -0.3 is 15.2 Å². The number of fused-ring (bicyclic) bond motifs is 3. The third-order valence-electron chi connectivity index (χ3n) is 5.69. The van der Waals surface area contributed by atoms with E-state index in [4.69, 9.17) is 9.84 Å². The van der Waals surface area contributed by atoms with Crippen LogP contribution in [0.3, 0.4) is 0 Å². The minimum atomic E-state index is -0.859. The van der Waals surface area contributed by atoms with E-state index in [-0.39, 0.29) is 41.7 Å². The fourth-order valence-corrected chi connectivity index (χ4v) is 4.76. The van der Waals surface area contributed by atoms with Crippen molar-refractivity contribution in [1.82, 2.24) is 10.3 Å². The van der Waals surface area contributed by atoms with Crippen molar-refractivity contribution >= 4 is 34.4 Å². The average molecular weight is 480 g/mol. The number of aromatic nitrogens is 1. The van der Waals surface area contributed by atoms with Gasteiger partial charge in [0.2, 0.25) is 0 Å². The van der Waals surface area contributed by atoms with Crippen LogP contribution in [0.5, 0.6) is 0 Å². The Morgan fingerprint density at radius 1 is 1.09 bits per heavy atom. The van der Waals surface area contributed by atoms with Crippen LogP contribution in [0, 0.1) is 0 Å². The summed E-state index contributed by atoms with van der Waals surface area (Å²) in [5, 5.41) is 15.9. The number of nitrogens with one attached hydrogen (secondary N) is 2. The molecule has 34 heavy (non-hydrogen) atoms. The van der Waals surface area contributed by atoms with Crippen molar-refractivity contribution < 1.29 is 24.2 Å². The molecule has 1 atom stereocenters. The number of benzene rings is 2. The van der Waals surface area contributed by atoms with Gasteiger partial charge in [0.05, 0.1) is 0 Å². The normalized spacial score (nSPS) is 13.0. The SMILES string of the molecule is CC(CCCC(=O)O)NC(=O)c1csc(NC(=O)OCC2c3ccccc3-c3ccccc32)n1. The van der Waals surface area contributed by atoms with Crippen LogP contribution in [-0.4, -0.2) is 40.7 Å². The summed E-state index contributed by atoms with van der Waals surface area (Å²) in [6.45, 7) is 1.99. The number of nitrogens with zero attached hydrogens (tertiary/aromatic N) is 1. The van der Waals surface area contributed by atoms with Crippen LogP contribution in [0.25, 0.3) is 11.1 Å². The zero-order chi connectivity index (χ0) is 24.1. The Balaban J connectivity index is 1.30. The van der Waals surface area contributed by atoms with Gasteiger partial charge >= 0.3 is 12.1 Å². The van der Waals surface area contributed by atoms with E-state index in [9.17, 15) is 14.4 Å². The maximum atomic E-state index is 12.4. The topological polar surface area (TPSA) is 118 Å². The first-order chi connectivity index (χ1) is 16.4. The van der Waals surface area contributed by atoms with Crippen LogP contribution < -0.4 is 10.6 Å². The molecule has 0 spiro atoms. The Labute approximate surface area is 201 Å². The molecule has 3 aromatic rings. The molecule has 9 heteroatoms. The van der Waals surface area contributed by atoms with Crippen LogP contribution in [0.2, 0.25) is 0 Å². The predicted molar refractivity (Wildman–Crippen MR) is 129 cm³/mol. The Hall–Kier alpha value is -3.72. The van der Waals surface area contributed by atoms with E-state index in [0.717, 1.165) is 33.6 Å². The van der Waals surface area contributed by atoms with E-state index in [1.807, 2.05) is 31.2 Å². The van der Waals surface area contributed by atoms with Gasteiger partial charge in [-0.15, -0.1) is 11.3 Å². The maximum Gasteiger partial charge on any atom is 0.413 e. The lowest BCUT2D eigenvalue weighted by Crippen LogP contribution is -2.32. The number of amides is 2. The second kappa shape index (κ2) is 10.5. The van der Waals surface area contributed by atoms with Crippen molar-refractivity contribution in [2.75, 3.05) is 11.9 Å². The highest BCUT2D eigenvalue weighted by molar-refractivity contribution is 7.14. The molecule has 0 fully saturated rings. The smallest absolute Gasteiger partial charge is 0.413 e. The van der Waals surface area contributed by atoms with Gasteiger partial charge in [0.1, 0.15) is 12.3 Å². The van der Waals surface area contributed by atoms with Crippen molar-refractivity contribution in [1.29, 1.82) is 0 Å². The number of carboxylic acids is 1. The third-order valence-corrected chi connectivity index (χ3v) is 6.45. The standard InChI is InChI=1S/C25H25N3O5S/c1-15(7-6-12-22(29)30)26-23(31)21-14-34-24(27-21)28-25(32)33-13-20-18-10-4-2-8-16(18)17-9-3-5-11-19(17)20/h2-5,8-11,14-15,20H,6-7,12-13H2,1H3,(H,26,31)(H,29,30)(H,27,28,32). The summed E-state index contributed by atoms with van der Waals surface area (Å²) < 4.78 is 5.51. The molecule has 0 radical (unpaired) electrons. The predicted octanol–water partition coefficient (Wildman–Crippen LogP) is 4.88. The molecule has 2 aromatic carbocycles. The molecule has 0 bridgehead atoms. The molecule has 3 N–H and O–H groups in total. The van der Waals surface area contributed by atoms with E-state index < -0.39 is 12.1 Å². The Morgan fingerprint density at radius 2 is 1.74 bits per heavy atom. The van der Waals surface area contributed by atoms with Crippen molar-refractivity contribution in [3.05, 3.63) is 70.7 Å². The molecule has 1 heterocycles. The number of rotatable bonds is 9. The molecule has 0 saturated carbocycles. The zero-order valence-electron chi connectivity index (χ0n) is 18.6. The summed E-state index contributed by atoms with van der Waals surface area (Å²) in [7, 11) is 0. The first-order valence-corrected chi connectivity index (χ1v) is 11.9. The molecular weight excluding hydrogens is 454 g/mol. The third kappa shape index (κ3) is 5.43. The van der Waals surface area contributed by atoms with E-state index in [0.29, 0.717) is 12.8 Å². The number of hydrogen-bond donors (Lipinski definition) is 3. The monoisotopic (exact) mass is 479 g/mol. The van der Waals surface area contributed by atoms with Gasteiger partial charge in [-0.3, -0.25) is 14.9 Å². The molecule has 8 nitrogen and oxygen atoms in total. The second-order valence-electron chi connectivity index (χ2n) is 8.15. The zero-order valence-corrected chi connectivity index (χ0v) is 19.4. The number of anilines is 1. The van der Waals surface area contributed by atoms with Gasteiger partial charge in [-0.2, -0.15) is 0 Å². The van der Waals surface area contributed by atoms with Crippen LogP contribution in [0.15, 0.2) is 53.9 Å². The molecular formula is C25H25N3O5S. The summed E-state index contributed by atoms with van der Waals surface area (Å²) in [6.07, 6.45) is 0.450. The van der Waals surface area contributed by atoms with Gasteiger partial charge in [-0.1, -0.05) is 48.5 Å². The number of carboxylic acid groups (broad SMARTS) is 1. The van der Waals surface area contributed by atoms with Crippen LogP contribution in [0.4, 0.5) is 9.93 Å². The number of aliphatic carboxylic acids is 1. The van der Waals surface area contributed by atoms with Crippen LogP contribution >= 0.6 is 11.3 Å². The molecule has 1 aliphatic rings. The number of ether oxygens (including phenoxy) is 1. The van der Waals surface area contributed by atoms with E-state index in [1.54, 1.807) is 5.38 Å². The molecule has 176 valence electrons. The van der Waals surface area contributed by atoms with E-state index in [1.165, 1.54) is 0 Å². The highest BCUT2D eigenvalue weighted by atomic mass is 32.1. The summed E-state index contributed by atoms with van der Waals surface area (Å²) in [6, 6.07) is 16.0. The second-order valence-corrected chi connectivity index (χ2v) is 9.01. The van der Waals surface area contributed by atoms with Gasteiger partial charge in [-0.25, -0.2) is 9.78 Å². The molecule has 2 amide bonds. The Kier molecular flexibility index (Phi) is 7.22. The first-order valence-electron chi connectivity index (χ1n) is 11.0. The van der Waals surface area contributed by atoms with Crippen molar-refractivity contribution in [2.45, 2.75) is 38.1 Å². The Morgan fingerprint density at radius 3 is 2.38 bits per heavy atom. The summed E-state index contributed by atoms with van der Waals surface area (Å²) in [5.74, 6) is -1.28. The highest BCUT2D eigenvalue weighted by Crippen LogP contribution is 2.44.